The topological polar surface area (TPSA) is 25.2 Å². The number of aromatic nitrogens is 1. The van der Waals surface area contributed by atoms with Crippen LogP contribution in [0.1, 0.15) is 0 Å². The van der Waals surface area contributed by atoms with E-state index >= 15 is 0 Å². The highest BCUT2D eigenvalue weighted by molar-refractivity contribution is 7.99. The normalized spacial score (nSPS) is 11.5. The highest BCUT2D eigenvalue weighted by Crippen LogP contribution is 2.30. The standard InChI is InChI=1S/C18H17NOS/c20-12-6-7-13-21-18-14-15-8-4-5-11-17(15)19(18)16-9-2-1-3-10-16/h1-11,14,20H,12-13H2. The Balaban J connectivity index is 2.04. The molecule has 2 nitrogen and oxygen atoms in total. The second-order valence-electron chi connectivity index (χ2n) is 4.68. The van der Waals surface area contributed by atoms with Crippen LogP contribution in [0.25, 0.3) is 16.6 Å². The molecule has 1 aromatic heterocycles. The van der Waals surface area contributed by atoms with Crippen LogP contribution in [0.4, 0.5) is 0 Å². The Morgan fingerprint density at radius 2 is 1.71 bits per heavy atom. The molecule has 0 fully saturated rings. The van der Waals surface area contributed by atoms with Gasteiger partial charge in [-0.05, 0) is 24.3 Å². The minimum atomic E-state index is 0.0994. The quantitative estimate of drug-likeness (QED) is 0.561. The SMILES string of the molecule is OCC=CCSc1cc2ccccc2n1-c1ccccc1. The third-order valence-electron chi connectivity index (χ3n) is 3.29. The van der Waals surface area contributed by atoms with E-state index in [1.54, 1.807) is 17.8 Å². The van der Waals surface area contributed by atoms with Crippen molar-refractivity contribution in [2.45, 2.75) is 5.03 Å². The Morgan fingerprint density at radius 3 is 2.52 bits per heavy atom. The van der Waals surface area contributed by atoms with E-state index in [4.69, 9.17) is 5.11 Å². The van der Waals surface area contributed by atoms with Gasteiger partial charge in [-0.3, -0.25) is 0 Å². The molecule has 0 aliphatic rings. The second-order valence-corrected chi connectivity index (χ2v) is 5.72. The summed E-state index contributed by atoms with van der Waals surface area (Å²) in [4.78, 5) is 0. The van der Waals surface area contributed by atoms with Crippen molar-refractivity contribution in [3.8, 4) is 5.69 Å². The number of aliphatic hydroxyl groups is 1. The molecule has 0 bridgehead atoms. The van der Waals surface area contributed by atoms with Crippen molar-refractivity contribution in [2.24, 2.45) is 0 Å². The maximum Gasteiger partial charge on any atom is 0.0808 e. The summed E-state index contributed by atoms with van der Waals surface area (Å²) in [5, 5.41) is 11.3. The molecule has 3 heteroatoms. The lowest BCUT2D eigenvalue weighted by atomic mass is 10.2. The molecular formula is C18H17NOS. The predicted molar refractivity (Wildman–Crippen MR) is 90.2 cm³/mol. The largest absolute Gasteiger partial charge is 0.392 e. The highest BCUT2D eigenvalue weighted by Gasteiger charge is 2.09. The van der Waals surface area contributed by atoms with Gasteiger partial charge in [0.2, 0.25) is 0 Å². The van der Waals surface area contributed by atoms with Crippen molar-refractivity contribution in [3.05, 3.63) is 72.8 Å². The Hall–Kier alpha value is -1.97. The van der Waals surface area contributed by atoms with Crippen LogP contribution in [-0.4, -0.2) is 22.0 Å². The number of aliphatic hydroxyl groups excluding tert-OH is 1. The van der Waals surface area contributed by atoms with Crippen molar-refractivity contribution in [1.29, 1.82) is 0 Å². The van der Waals surface area contributed by atoms with Gasteiger partial charge >= 0.3 is 0 Å². The first-order valence-electron chi connectivity index (χ1n) is 6.95. The summed E-state index contributed by atoms with van der Waals surface area (Å²) in [7, 11) is 0. The summed E-state index contributed by atoms with van der Waals surface area (Å²) >= 11 is 1.77. The molecule has 106 valence electrons. The van der Waals surface area contributed by atoms with Crippen molar-refractivity contribution >= 4 is 22.7 Å². The van der Waals surface area contributed by atoms with E-state index in [1.807, 2.05) is 12.1 Å². The number of nitrogens with zero attached hydrogens (tertiary/aromatic N) is 1. The van der Waals surface area contributed by atoms with Crippen molar-refractivity contribution in [2.75, 3.05) is 12.4 Å². The zero-order valence-corrected chi connectivity index (χ0v) is 12.5. The summed E-state index contributed by atoms with van der Waals surface area (Å²) < 4.78 is 2.28. The third-order valence-corrected chi connectivity index (χ3v) is 4.25. The lowest BCUT2D eigenvalue weighted by molar-refractivity contribution is 0.342. The number of thioether (sulfide) groups is 1. The van der Waals surface area contributed by atoms with E-state index in [-0.39, 0.29) is 6.61 Å². The number of fused-ring (bicyclic) bond motifs is 1. The molecule has 21 heavy (non-hydrogen) atoms. The van der Waals surface area contributed by atoms with Gasteiger partial charge in [0.05, 0.1) is 17.1 Å². The van der Waals surface area contributed by atoms with Crippen LogP contribution in [0.15, 0.2) is 77.8 Å². The fourth-order valence-corrected chi connectivity index (χ4v) is 3.30. The first kappa shape index (κ1) is 14.0. The lowest BCUT2D eigenvalue weighted by Crippen LogP contribution is -1.95. The monoisotopic (exact) mass is 295 g/mol. The second kappa shape index (κ2) is 6.66. The molecule has 0 amide bonds. The van der Waals surface area contributed by atoms with Gasteiger partial charge < -0.3 is 9.67 Å². The first-order chi connectivity index (χ1) is 10.4. The van der Waals surface area contributed by atoms with Crippen LogP contribution < -0.4 is 0 Å². The van der Waals surface area contributed by atoms with E-state index in [9.17, 15) is 0 Å². The Kier molecular flexibility index (Phi) is 4.43. The van der Waals surface area contributed by atoms with Crippen molar-refractivity contribution in [1.82, 2.24) is 4.57 Å². The van der Waals surface area contributed by atoms with E-state index in [0.29, 0.717) is 0 Å². The van der Waals surface area contributed by atoms with Crippen LogP contribution >= 0.6 is 11.8 Å². The fraction of sp³-hybridized carbons (Fsp3) is 0.111. The van der Waals surface area contributed by atoms with E-state index < -0.39 is 0 Å². The Morgan fingerprint density at radius 1 is 0.952 bits per heavy atom. The Bertz CT molecular complexity index is 746. The molecule has 2 aromatic carbocycles. The fourth-order valence-electron chi connectivity index (χ4n) is 2.36. The molecule has 3 rings (SSSR count). The van der Waals surface area contributed by atoms with Crippen LogP contribution in [-0.2, 0) is 0 Å². The van der Waals surface area contributed by atoms with Gasteiger partial charge in [-0.25, -0.2) is 0 Å². The van der Waals surface area contributed by atoms with Crippen LogP contribution in [0.2, 0.25) is 0 Å². The van der Waals surface area contributed by atoms with Crippen LogP contribution in [0, 0.1) is 0 Å². The molecule has 0 saturated carbocycles. The summed E-state index contributed by atoms with van der Waals surface area (Å²) in [6.45, 7) is 0.0994. The molecule has 0 unspecified atom stereocenters. The molecule has 0 aliphatic heterocycles. The number of hydrogen-bond acceptors (Lipinski definition) is 2. The minimum Gasteiger partial charge on any atom is -0.392 e. The van der Waals surface area contributed by atoms with Crippen molar-refractivity contribution < 1.29 is 5.11 Å². The zero-order valence-electron chi connectivity index (χ0n) is 11.6. The van der Waals surface area contributed by atoms with Gasteiger partial charge in [-0.2, -0.15) is 0 Å². The van der Waals surface area contributed by atoms with Gasteiger partial charge in [0.1, 0.15) is 0 Å². The maximum absolute atomic E-state index is 8.81. The molecular weight excluding hydrogens is 278 g/mol. The predicted octanol–water partition coefficient (Wildman–Crippen LogP) is 4.27. The number of rotatable bonds is 5. The summed E-state index contributed by atoms with van der Waals surface area (Å²) in [6, 6.07) is 21.1. The molecule has 0 aliphatic carbocycles. The molecule has 0 atom stereocenters. The molecule has 0 saturated heterocycles. The number of hydrogen-bond donors (Lipinski definition) is 1. The van der Waals surface area contributed by atoms with E-state index in [2.05, 4.69) is 59.2 Å². The molecule has 0 radical (unpaired) electrons. The minimum absolute atomic E-state index is 0.0994. The van der Waals surface area contributed by atoms with Gasteiger partial charge in [0.25, 0.3) is 0 Å². The molecule has 1 N–H and O–H groups in total. The van der Waals surface area contributed by atoms with Gasteiger partial charge in [-0.15, -0.1) is 11.8 Å². The highest BCUT2D eigenvalue weighted by atomic mass is 32.2. The molecule has 0 spiro atoms. The summed E-state index contributed by atoms with van der Waals surface area (Å²) in [5.74, 6) is 0.851. The summed E-state index contributed by atoms with van der Waals surface area (Å²) in [5.41, 5.74) is 2.39. The van der Waals surface area contributed by atoms with E-state index in [0.717, 1.165) is 5.75 Å². The van der Waals surface area contributed by atoms with E-state index in [1.165, 1.54) is 21.6 Å². The summed E-state index contributed by atoms with van der Waals surface area (Å²) in [6.07, 6.45) is 3.78. The average molecular weight is 295 g/mol. The van der Waals surface area contributed by atoms with Crippen LogP contribution in [0.3, 0.4) is 0 Å². The Labute approximate surface area is 128 Å². The lowest BCUT2D eigenvalue weighted by Gasteiger charge is -2.09. The molecule has 3 aromatic rings. The third kappa shape index (κ3) is 3.04. The molecule has 1 heterocycles. The van der Waals surface area contributed by atoms with Crippen molar-refractivity contribution in [3.63, 3.8) is 0 Å². The number of para-hydroxylation sites is 2. The maximum atomic E-state index is 8.81. The van der Waals surface area contributed by atoms with Crippen LogP contribution in [0.5, 0.6) is 0 Å². The zero-order chi connectivity index (χ0) is 14.5. The van der Waals surface area contributed by atoms with Gasteiger partial charge in [0.15, 0.2) is 0 Å². The van der Waals surface area contributed by atoms with Gasteiger partial charge in [-0.1, -0.05) is 48.6 Å². The average Bonchev–Trinajstić information content (AvgIpc) is 2.90. The smallest absolute Gasteiger partial charge is 0.0808 e. The van der Waals surface area contributed by atoms with Gasteiger partial charge in [0, 0.05) is 16.8 Å². The number of benzene rings is 2. The first-order valence-corrected chi connectivity index (χ1v) is 7.93.